The molecule has 0 radical (unpaired) electrons. The van der Waals surface area contributed by atoms with Crippen molar-refractivity contribution in [3.05, 3.63) is 16.1 Å². The molecule has 0 aliphatic heterocycles. The number of carbonyl (C=O) groups is 1. The highest BCUT2D eigenvalue weighted by Gasteiger charge is 2.27. The van der Waals surface area contributed by atoms with E-state index in [9.17, 15) is 4.79 Å². The van der Waals surface area contributed by atoms with Gasteiger partial charge in [0.2, 0.25) is 0 Å². The number of hydrogen-bond donors (Lipinski definition) is 2. The van der Waals surface area contributed by atoms with Crippen LogP contribution in [0, 0.1) is 12.8 Å². The third-order valence-corrected chi connectivity index (χ3v) is 3.47. The molecule has 0 bridgehead atoms. The van der Waals surface area contributed by atoms with Gasteiger partial charge in [0.1, 0.15) is 5.01 Å². The quantitative estimate of drug-likeness (QED) is 0.800. The standard InChI is InChI=1S/C10H14N2O2S/c1-6-5-15-9(12-6)8(10(13)14)11-4-7-2-3-7/h5,7-8,11H,2-4H2,1H3,(H,13,14). The molecule has 1 saturated carbocycles. The molecule has 1 aromatic rings. The van der Waals surface area contributed by atoms with E-state index in [0.29, 0.717) is 10.9 Å². The van der Waals surface area contributed by atoms with Gasteiger partial charge in [-0.2, -0.15) is 0 Å². The van der Waals surface area contributed by atoms with Gasteiger partial charge in [0.25, 0.3) is 0 Å². The monoisotopic (exact) mass is 226 g/mol. The highest BCUT2D eigenvalue weighted by atomic mass is 32.1. The maximum atomic E-state index is 11.0. The summed E-state index contributed by atoms with van der Waals surface area (Å²) in [7, 11) is 0. The Bertz CT molecular complexity index is 360. The Morgan fingerprint density at radius 2 is 2.53 bits per heavy atom. The summed E-state index contributed by atoms with van der Waals surface area (Å²) in [5.41, 5.74) is 0.884. The van der Waals surface area contributed by atoms with Crippen LogP contribution >= 0.6 is 11.3 Å². The fraction of sp³-hybridized carbons (Fsp3) is 0.600. The second kappa shape index (κ2) is 4.28. The van der Waals surface area contributed by atoms with E-state index in [0.717, 1.165) is 12.2 Å². The Balaban J connectivity index is 2.01. The molecule has 82 valence electrons. The van der Waals surface area contributed by atoms with E-state index >= 15 is 0 Å². The van der Waals surface area contributed by atoms with Gasteiger partial charge >= 0.3 is 5.97 Å². The zero-order chi connectivity index (χ0) is 10.8. The van der Waals surface area contributed by atoms with Crippen molar-refractivity contribution in [1.82, 2.24) is 10.3 Å². The average Bonchev–Trinajstić information content (AvgIpc) is 2.89. The molecule has 2 N–H and O–H groups in total. The summed E-state index contributed by atoms with van der Waals surface area (Å²) < 4.78 is 0. The van der Waals surface area contributed by atoms with Gasteiger partial charge in [-0.05, 0) is 32.2 Å². The van der Waals surface area contributed by atoms with E-state index in [1.807, 2.05) is 12.3 Å². The minimum atomic E-state index is -0.843. The van der Waals surface area contributed by atoms with Gasteiger partial charge < -0.3 is 5.11 Å². The van der Waals surface area contributed by atoms with E-state index < -0.39 is 12.0 Å². The lowest BCUT2D eigenvalue weighted by Crippen LogP contribution is -2.30. The van der Waals surface area contributed by atoms with Crippen LogP contribution in [0.1, 0.15) is 29.6 Å². The Morgan fingerprint density at radius 1 is 1.80 bits per heavy atom. The van der Waals surface area contributed by atoms with Gasteiger partial charge in [0.15, 0.2) is 6.04 Å². The summed E-state index contributed by atoms with van der Waals surface area (Å²) in [5.74, 6) is -0.169. The van der Waals surface area contributed by atoms with Crippen molar-refractivity contribution in [1.29, 1.82) is 0 Å². The SMILES string of the molecule is Cc1csc(C(NCC2CC2)C(=O)O)n1. The van der Waals surface area contributed by atoms with Crippen LogP contribution in [0.3, 0.4) is 0 Å². The lowest BCUT2D eigenvalue weighted by molar-refractivity contribution is -0.139. The molecule has 0 aromatic carbocycles. The zero-order valence-electron chi connectivity index (χ0n) is 8.56. The van der Waals surface area contributed by atoms with Gasteiger partial charge in [-0.1, -0.05) is 0 Å². The molecular formula is C10H14N2O2S. The van der Waals surface area contributed by atoms with Gasteiger partial charge in [-0.3, -0.25) is 10.1 Å². The van der Waals surface area contributed by atoms with Crippen molar-refractivity contribution in [2.75, 3.05) is 6.54 Å². The van der Waals surface area contributed by atoms with Crippen molar-refractivity contribution in [2.45, 2.75) is 25.8 Å². The molecule has 0 saturated heterocycles. The van der Waals surface area contributed by atoms with E-state index in [1.54, 1.807) is 0 Å². The van der Waals surface area contributed by atoms with E-state index in [2.05, 4.69) is 10.3 Å². The molecular weight excluding hydrogens is 212 g/mol. The van der Waals surface area contributed by atoms with E-state index in [1.165, 1.54) is 24.2 Å². The molecule has 1 aromatic heterocycles. The number of thiazole rings is 1. The van der Waals surface area contributed by atoms with Crippen LogP contribution in [-0.4, -0.2) is 22.6 Å². The second-order valence-electron chi connectivity index (χ2n) is 3.95. The highest BCUT2D eigenvalue weighted by molar-refractivity contribution is 7.09. The topological polar surface area (TPSA) is 62.2 Å². The fourth-order valence-corrected chi connectivity index (χ4v) is 2.25. The third-order valence-electron chi connectivity index (χ3n) is 2.44. The van der Waals surface area contributed by atoms with Crippen molar-refractivity contribution in [2.24, 2.45) is 5.92 Å². The first-order chi connectivity index (χ1) is 7.16. The van der Waals surface area contributed by atoms with E-state index in [4.69, 9.17) is 5.11 Å². The zero-order valence-corrected chi connectivity index (χ0v) is 9.38. The van der Waals surface area contributed by atoms with Crippen molar-refractivity contribution >= 4 is 17.3 Å². The number of aryl methyl sites for hydroxylation is 1. The Morgan fingerprint density at radius 3 is 3.00 bits per heavy atom. The first kappa shape index (κ1) is 10.6. The normalized spacial score (nSPS) is 17.7. The fourth-order valence-electron chi connectivity index (χ4n) is 1.39. The van der Waals surface area contributed by atoms with Crippen LogP contribution in [0.2, 0.25) is 0 Å². The van der Waals surface area contributed by atoms with Gasteiger partial charge in [0, 0.05) is 11.1 Å². The van der Waals surface area contributed by atoms with Crippen LogP contribution in [0.5, 0.6) is 0 Å². The number of nitrogens with zero attached hydrogens (tertiary/aromatic N) is 1. The van der Waals surface area contributed by atoms with Crippen LogP contribution in [0.25, 0.3) is 0 Å². The number of aromatic nitrogens is 1. The molecule has 1 atom stereocenters. The smallest absolute Gasteiger partial charge is 0.327 e. The van der Waals surface area contributed by atoms with Crippen LogP contribution < -0.4 is 5.32 Å². The summed E-state index contributed by atoms with van der Waals surface area (Å²) >= 11 is 1.40. The van der Waals surface area contributed by atoms with Crippen molar-refractivity contribution in [3.8, 4) is 0 Å². The molecule has 1 unspecified atom stereocenters. The number of hydrogen-bond acceptors (Lipinski definition) is 4. The summed E-state index contributed by atoms with van der Waals surface area (Å²) in [6.45, 7) is 2.66. The summed E-state index contributed by atoms with van der Waals surface area (Å²) in [6, 6.07) is -0.635. The van der Waals surface area contributed by atoms with Crippen LogP contribution in [0.4, 0.5) is 0 Å². The summed E-state index contributed by atoms with van der Waals surface area (Å²) in [5, 5.41) is 14.7. The molecule has 0 spiro atoms. The maximum absolute atomic E-state index is 11.0. The molecule has 15 heavy (non-hydrogen) atoms. The first-order valence-corrected chi connectivity index (χ1v) is 5.93. The Labute approximate surface area is 92.3 Å². The van der Waals surface area contributed by atoms with Crippen LogP contribution in [0.15, 0.2) is 5.38 Å². The molecule has 5 heteroatoms. The molecule has 1 aliphatic carbocycles. The third kappa shape index (κ3) is 2.76. The molecule has 1 fully saturated rings. The number of nitrogens with one attached hydrogen (secondary N) is 1. The predicted molar refractivity (Wildman–Crippen MR) is 58.0 cm³/mol. The lowest BCUT2D eigenvalue weighted by atomic mass is 10.3. The Kier molecular flexibility index (Phi) is 3.02. The lowest BCUT2D eigenvalue weighted by Gasteiger charge is -2.10. The van der Waals surface area contributed by atoms with Crippen LogP contribution in [-0.2, 0) is 4.79 Å². The molecule has 1 heterocycles. The van der Waals surface area contributed by atoms with Crippen molar-refractivity contribution < 1.29 is 9.90 Å². The number of carboxylic acid groups (broad SMARTS) is 1. The first-order valence-electron chi connectivity index (χ1n) is 5.05. The summed E-state index contributed by atoms with van der Waals surface area (Å²) in [4.78, 5) is 15.3. The minimum absolute atomic E-state index is 0.635. The molecule has 4 nitrogen and oxygen atoms in total. The van der Waals surface area contributed by atoms with Gasteiger partial charge in [0.05, 0.1) is 0 Å². The van der Waals surface area contributed by atoms with Gasteiger partial charge in [-0.25, -0.2) is 4.98 Å². The minimum Gasteiger partial charge on any atom is -0.480 e. The number of aliphatic carboxylic acids is 1. The summed E-state index contributed by atoms with van der Waals surface area (Å²) in [6.07, 6.45) is 2.44. The number of carboxylic acids is 1. The highest BCUT2D eigenvalue weighted by Crippen LogP contribution is 2.29. The molecule has 2 rings (SSSR count). The Hall–Kier alpha value is -0.940. The molecule has 1 aliphatic rings. The molecule has 0 amide bonds. The second-order valence-corrected chi connectivity index (χ2v) is 4.84. The van der Waals surface area contributed by atoms with Crippen molar-refractivity contribution in [3.63, 3.8) is 0 Å². The number of rotatable bonds is 5. The van der Waals surface area contributed by atoms with Gasteiger partial charge in [-0.15, -0.1) is 11.3 Å². The predicted octanol–water partition coefficient (Wildman–Crippen LogP) is 1.58. The maximum Gasteiger partial charge on any atom is 0.327 e. The average molecular weight is 226 g/mol. The van der Waals surface area contributed by atoms with E-state index in [-0.39, 0.29) is 0 Å². The largest absolute Gasteiger partial charge is 0.480 e.